The Hall–Kier alpha value is -1.06. The van der Waals surface area contributed by atoms with Crippen LogP contribution >= 0.6 is 0 Å². The van der Waals surface area contributed by atoms with Crippen LogP contribution in [-0.4, -0.2) is 25.4 Å². The van der Waals surface area contributed by atoms with Crippen LogP contribution in [0.3, 0.4) is 0 Å². The summed E-state index contributed by atoms with van der Waals surface area (Å²) in [4.78, 5) is 21.2. The summed E-state index contributed by atoms with van der Waals surface area (Å²) in [6, 6.07) is -0.184. The number of hydrogen-bond acceptors (Lipinski definition) is 2. The van der Waals surface area contributed by atoms with Gasteiger partial charge in [0.1, 0.15) is 0 Å². The smallest absolute Gasteiger partial charge is 0.314 e. The Bertz CT molecular complexity index is 233. The highest BCUT2D eigenvalue weighted by Crippen LogP contribution is 2.10. The average Bonchev–Trinajstić information content (AvgIpc) is 2.45. The summed E-state index contributed by atoms with van der Waals surface area (Å²) < 4.78 is 0. The van der Waals surface area contributed by atoms with Gasteiger partial charge < -0.3 is 10.6 Å². The minimum absolute atomic E-state index is 0.184. The molecule has 0 aliphatic carbocycles. The van der Waals surface area contributed by atoms with E-state index in [9.17, 15) is 9.59 Å². The average molecular weight is 283 g/mol. The summed E-state index contributed by atoms with van der Waals surface area (Å²) in [5, 5.41) is 5.39. The van der Waals surface area contributed by atoms with Gasteiger partial charge in [-0.25, -0.2) is 4.79 Å². The Morgan fingerprint density at radius 1 is 0.800 bits per heavy atom. The van der Waals surface area contributed by atoms with Gasteiger partial charge in [0.05, 0.1) is 0 Å². The van der Waals surface area contributed by atoms with Crippen molar-refractivity contribution in [3.8, 4) is 0 Å². The number of carbonyl (C=O) groups excluding carboxylic acids is 2. The number of hydrogen-bond donors (Lipinski definition) is 2. The minimum atomic E-state index is -0.184. The lowest BCUT2D eigenvalue weighted by Gasteiger charge is -2.06. The maximum absolute atomic E-state index is 11.2. The largest absolute Gasteiger partial charge is 0.338 e. The van der Waals surface area contributed by atoms with Crippen molar-refractivity contribution in [1.29, 1.82) is 0 Å². The van der Waals surface area contributed by atoms with Gasteiger partial charge in [-0.15, -0.1) is 0 Å². The molecule has 0 heterocycles. The van der Waals surface area contributed by atoms with Gasteiger partial charge in [0.25, 0.3) is 0 Å². The molecule has 0 atom stereocenters. The normalized spacial score (nSPS) is 10.2. The molecule has 2 N–H and O–H groups in total. The minimum Gasteiger partial charge on any atom is -0.338 e. The number of rotatable bonds is 14. The van der Waals surface area contributed by atoms with Gasteiger partial charge in [-0.2, -0.15) is 0 Å². The first-order valence-electron chi connectivity index (χ1n) is 8.18. The fourth-order valence-electron chi connectivity index (χ4n) is 2.10. The van der Waals surface area contributed by atoms with Gasteiger partial charge in [0, 0.05) is 19.5 Å². The summed E-state index contributed by atoms with van der Waals surface area (Å²) in [5.74, 6) is 0. The standard InChI is InChI=1S/C16H31N2O2/c1-2-3-4-5-6-7-8-9-10-11-13-17-16(20)18-14-12-15-19/h2-14H2,1H3,(H2,17,18,20). The molecule has 0 saturated carbocycles. The van der Waals surface area contributed by atoms with E-state index in [-0.39, 0.29) is 12.5 Å². The van der Waals surface area contributed by atoms with Crippen LogP contribution in [-0.2, 0) is 4.79 Å². The molecule has 4 heteroatoms. The third-order valence-electron chi connectivity index (χ3n) is 3.33. The lowest BCUT2D eigenvalue weighted by Crippen LogP contribution is -2.36. The third-order valence-corrected chi connectivity index (χ3v) is 3.33. The van der Waals surface area contributed by atoms with Crippen LogP contribution in [0.4, 0.5) is 4.79 Å². The van der Waals surface area contributed by atoms with Crippen LogP contribution in [0.1, 0.15) is 77.6 Å². The predicted octanol–water partition coefficient (Wildman–Crippen LogP) is 3.71. The van der Waals surface area contributed by atoms with Crippen LogP contribution < -0.4 is 10.6 Å². The monoisotopic (exact) mass is 283 g/mol. The van der Waals surface area contributed by atoms with Crippen LogP contribution in [0, 0.1) is 0 Å². The molecular formula is C16H31N2O2. The number of urea groups is 1. The molecule has 0 saturated heterocycles. The van der Waals surface area contributed by atoms with Gasteiger partial charge >= 0.3 is 6.03 Å². The topological polar surface area (TPSA) is 58.2 Å². The molecule has 0 spiro atoms. The van der Waals surface area contributed by atoms with Crippen LogP contribution in [0.5, 0.6) is 0 Å². The maximum atomic E-state index is 11.2. The first-order chi connectivity index (χ1) is 9.81. The fraction of sp³-hybridized carbons (Fsp3) is 0.875. The van der Waals surface area contributed by atoms with Crippen molar-refractivity contribution in [2.45, 2.75) is 77.6 Å². The fourth-order valence-corrected chi connectivity index (χ4v) is 2.10. The zero-order valence-electron chi connectivity index (χ0n) is 13.0. The molecule has 20 heavy (non-hydrogen) atoms. The van der Waals surface area contributed by atoms with E-state index in [1.807, 2.05) is 0 Å². The van der Waals surface area contributed by atoms with Crippen LogP contribution in [0.25, 0.3) is 0 Å². The second kappa shape index (κ2) is 16.0. The number of nitrogens with one attached hydrogen (secondary N) is 2. The molecule has 0 aliphatic heterocycles. The Labute approximate surface area is 124 Å². The molecule has 0 aromatic carbocycles. The summed E-state index contributed by atoms with van der Waals surface area (Å²) in [6.07, 6.45) is 15.0. The highest BCUT2D eigenvalue weighted by Gasteiger charge is 1.98. The number of unbranched alkanes of at least 4 members (excludes halogenated alkanes) is 9. The van der Waals surface area contributed by atoms with E-state index in [2.05, 4.69) is 17.6 Å². The second-order valence-electron chi connectivity index (χ2n) is 5.26. The van der Waals surface area contributed by atoms with Gasteiger partial charge in [0.2, 0.25) is 0 Å². The molecule has 0 aliphatic rings. The highest BCUT2D eigenvalue weighted by molar-refractivity contribution is 5.74. The van der Waals surface area contributed by atoms with Crippen molar-refractivity contribution in [2.75, 3.05) is 13.1 Å². The van der Waals surface area contributed by atoms with Gasteiger partial charge in [-0.3, -0.25) is 4.79 Å². The lowest BCUT2D eigenvalue weighted by atomic mass is 10.1. The molecule has 117 valence electrons. The summed E-state index contributed by atoms with van der Waals surface area (Å²) in [6.45, 7) is 3.33. The lowest BCUT2D eigenvalue weighted by molar-refractivity contribution is 0.241. The maximum Gasteiger partial charge on any atom is 0.314 e. The molecule has 0 aromatic rings. The van der Waals surface area contributed by atoms with E-state index in [1.54, 1.807) is 6.29 Å². The molecule has 0 aromatic heterocycles. The Kier molecular flexibility index (Phi) is 15.1. The summed E-state index contributed by atoms with van der Waals surface area (Å²) in [5.41, 5.74) is 0. The van der Waals surface area contributed by atoms with Gasteiger partial charge in [-0.1, -0.05) is 64.7 Å². The van der Waals surface area contributed by atoms with E-state index in [4.69, 9.17) is 0 Å². The molecule has 0 rings (SSSR count). The molecule has 0 unspecified atom stereocenters. The van der Waals surface area contributed by atoms with Crippen molar-refractivity contribution in [3.05, 3.63) is 0 Å². The zero-order chi connectivity index (χ0) is 14.9. The number of carbonyl (C=O) groups is 1. The predicted molar refractivity (Wildman–Crippen MR) is 83.6 cm³/mol. The van der Waals surface area contributed by atoms with Crippen molar-refractivity contribution in [1.82, 2.24) is 10.6 Å². The SMILES string of the molecule is CCCCCCCCCCCCNC(=O)NCC[C]=O. The van der Waals surface area contributed by atoms with Crippen molar-refractivity contribution in [3.63, 3.8) is 0 Å². The molecule has 1 radical (unpaired) electrons. The first kappa shape index (κ1) is 18.9. The van der Waals surface area contributed by atoms with Crippen molar-refractivity contribution < 1.29 is 9.59 Å². The number of amides is 2. The van der Waals surface area contributed by atoms with Crippen molar-refractivity contribution in [2.24, 2.45) is 0 Å². The molecule has 0 fully saturated rings. The van der Waals surface area contributed by atoms with E-state index in [0.29, 0.717) is 13.1 Å². The Morgan fingerprint density at radius 3 is 1.85 bits per heavy atom. The van der Waals surface area contributed by atoms with Gasteiger partial charge in [0.15, 0.2) is 6.29 Å². The van der Waals surface area contributed by atoms with E-state index in [0.717, 1.165) is 6.42 Å². The van der Waals surface area contributed by atoms with Crippen molar-refractivity contribution >= 4 is 12.3 Å². The molecule has 4 nitrogen and oxygen atoms in total. The Morgan fingerprint density at radius 2 is 1.30 bits per heavy atom. The summed E-state index contributed by atoms with van der Waals surface area (Å²) >= 11 is 0. The second-order valence-corrected chi connectivity index (χ2v) is 5.26. The van der Waals surface area contributed by atoms with Crippen LogP contribution in [0.15, 0.2) is 0 Å². The van der Waals surface area contributed by atoms with Gasteiger partial charge in [-0.05, 0) is 6.42 Å². The van der Waals surface area contributed by atoms with E-state index >= 15 is 0 Å². The molecular weight excluding hydrogens is 252 g/mol. The van der Waals surface area contributed by atoms with Crippen LogP contribution in [0.2, 0.25) is 0 Å². The molecule has 2 amide bonds. The first-order valence-corrected chi connectivity index (χ1v) is 8.18. The third kappa shape index (κ3) is 15.0. The summed E-state index contributed by atoms with van der Waals surface area (Å²) in [7, 11) is 0. The quantitative estimate of drug-likeness (QED) is 0.477. The van der Waals surface area contributed by atoms with E-state index in [1.165, 1.54) is 57.8 Å². The Balaban J connectivity index is 3.08. The highest BCUT2D eigenvalue weighted by atomic mass is 16.2. The zero-order valence-corrected chi connectivity index (χ0v) is 13.0. The molecule has 0 bridgehead atoms. The van der Waals surface area contributed by atoms with E-state index < -0.39 is 0 Å².